The lowest BCUT2D eigenvalue weighted by molar-refractivity contribution is 0.0343. The van der Waals surface area contributed by atoms with Gasteiger partial charge in [0.15, 0.2) is 5.15 Å². The van der Waals surface area contributed by atoms with Gasteiger partial charge in [-0.1, -0.05) is 11.6 Å². The van der Waals surface area contributed by atoms with Crippen LogP contribution in [0.4, 0.5) is 5.69 Å². The van der Waals surface area contributed by atoms with Crippen molar-refractivity contribution in [1.29, 1.82) is 0 Å². The van der Waals surface area contributed by atoms with Crippen LogP contribution in [0.2, 0.25) is 5.15 Å². The largest absolute Gasteiger partial charge is 0.379 e. The zero-order chi connectivity index (χ0) is 18.1. The number of carbonyl (C=O) groups excluding carboxylic acids is 1. The summed E-state index contributed by atoms with van der Waals surface area (Å²) in [6, 6.07) is 3.46. The maximum atomic E-state index is 12.9. The van der Waals surface area contributed by atoms with Gasteiger partial charge in [0, 0.05) is 31.4 Å². The van der Waals surface area contributed by atoms with Crippen molar-refractivity contribution in [1.82, 2.24) is 19.9 Å². The summed E-state index contributed by atoms with van der Waals surface area (Å²) < 4.78 is 6.44. The third-order valence-corrected chi connectivity index (χ3v) is 5.60. The van der Waals surface area contributed by atoms with Crippen LogP contribution >= 0.6 is 22.9 Å². The van der Waals surface area contributed by atoms with E-state index in [1.807, 2.05) is 6.92 Å². The van der Waals surface area contributed by atoms with Gasteiger partial charge in [-0.3, -0.25) is 9.69 Å². The second kappa shape index (κ2) is 7.32. The standard InChI is InChI=1S/C17H18ClN5O2S/c1-10-20-16-14(26-10)11(9-23-5-7-25-8-6-23)13(22-16)17(24)21-12-3-2-4-19-15(12)18/h2-4,22H,5-9H2,1H3,(H,21,24). The highest BCUT2D eigenvalue weighted by Gasteiger charge is 2.23. The molecular formula is C17H18ClN5O2S. The van der Waals surface area contributed by atoms with E-state index in [1.54, 1.807) is 29.7 Å². The molecule has 3 aromatic heterocycles. The minimum Gasteiger partial charge on any atom is -0.379 e. The first-order chi connectivity index (χ1) is 12.6. The molecule has 0 bridgehead atoms. The maximum Gasteiger partial charge on any atom is 0.272 e. The minimum absolute atomic E-state index is 0.244. The third-order valence-electron chi connectivity index (χ3n) is 4.27. The average Bonchev–Trinajstić information content (AvgIpc) is 3.15. The first-order valence-electron chi connectivity index (χ1n) is 8.32. The number of fused-ring (bicyclic) bond motifs is 1. The van der Waals surface area contributed by atoms with Crippen molar-refractivity contribution < 1.29 is 9.53 Å². The summed E-state index contributed by atoms with van der Waals surface area (Å²) in [6.45, 7) is 5.75. The number of aromatic nitrogens is 3. The second-order valence-corrected chi connectivity index (χ2v) is 7.63. The van der Waals surface area contributed by atoms with Crippen LogP contribution in [-0.2, 0) is 11.3 Å². The highest BCUT2D eigenvalue weighted by Crippen LogP contribution is 2.30. The fourth-order valence-corrected chi connectivity index (χ4v) is 4.10. The SMILES string of the molecule is Cc1nc2[nH]c(C(=O)Nc3cccnc3Cl)c(CN3CCOCC3)c2s1. The van der Waals surface area contributed by atoms with Gasteiger partial charge in [-0.2, -0.15) is 0 Å². The van der Waals surface area contributed by atoms with E-state index in [4.69, 9.17) is 16.3 Å². The van der Waals surface area contributed by atoms with Crippen LogP contribution in [0.25, 0.3) is 10.3 Å². The second-order valence-electron chi connectivity index (χ2n) is 6.07. The van der Waals surface area contributed by atoms with Gasteiger partial charge in [-0.05, 0) is 19.1 Å². The average molecular weight is 392 g/mol. The van der Waals surface area contributed by atoms with Gasteiger partial charge in [-0.15, -0.1) is 11.3 Å². The number of nitrogens with zero attached hydrogens (tertiary/aromatic N) is 3. The van der Waals surface area contributed by atoms with Gasteiger partial charge >= 0.3 is 0 Å². The minimum atomic E-state index is -0.244. The molecule has 4 heterocycles. The highest BCUT2D eigenvalue weighted by atomic mass is 35.5. The molecule has 0 unspecified atom stereocenters. The molecule has 0 aliphatic carbocycles. The molecule has 26 heavy (non-hydrogen) atoms. The Morgan fingerprint density at radius 3 is 3.04 bits per heavy atom. The molecule has 1 amide bonds. The molecule has 9 heteroatoms. The number of aryl methyl sites for hydroxylation is 1. The summed E-state index contributed by atoms with van der Waals surface area (Å²) >= 11 is 7.66. The van der Waals surface area contributed by atoms with E-state index in [1.165, 1.54) is 0 Å². The zero-order valence-corrected chi connectivity index (χ0v) is 15.8. The Balaban J connectivity index is 1.67. The molecule has 3 aromatic rings. The van der Waals surface area contributed by atoms with E-state index < -0.39 is 0 Å². The number of nitrogens with one attached hydrogen (secondary N) is 2. The van der Waals surface area contributed by atoms with Crippen molar-refractivity contribution in [3.05, 3.63) is 39.7 Å². The van der Waals surface area contributed by atoms with Crippen molar-refractivity contribution in [3.8, 4) is 0 Å². The lowest BCUT2D eigenvalue weighted by Gasteiger charge is -2.26. The van der Waals surface area contributed by atoms with Crippen molar-refractivity contribution in [2.75, 3.05) is 31.6 Å². The Morgan fingerprint density at radius 1 is 1.46 bits per heavy atom. The topological polar surface area (TPSA) is 83.1 Å². The Bertz CT molecular complexity index is 948. The van der Waals surface area contributed by atoms with E-state index in [-0.39, 0.29) is 11.1 Å². The summed E-state index contributed by atoms with van der Waals surface area (Å²) in [4.78, 5) is 26.8. The quantitative estimate of drug-likeness (QED) is 0.668. The van der Waals surface area contributed by atoms with Crippen molar-refractivity contribution in [2.24, 2.45) is 0 Å². The molecule has 0 atom stereocenters. The zero-order valence-electron chi connectivity index (χ0n) is 14.2. The Labute approximate surface area is 159 Å². The smallest absolute Gasteiger partial charge is 0.272 e. The molecule has 4 rings (SSSR count). The summed E-state index contributed by atoms with van der Waals surface area (Å²) in [7, 11) is 0. The van der Waals surface area contributed by atoms with Crippen LogP contribution in [0, 0.1) is 6.92 Å². The predicted octanol–water partition coefficient (Wildman–Crippen LogP) is 3.07. The van der Waals surface area contributed by atoms with Gasteiger partial charge in [0.05, 0.1) is 28.6 Å². The molecule has 0 aromatic carbocycles. The number of thiazole rings is 1. The molecule has 0 saturated carbocycles. The molecule has 2 N–H and O–H groups in total. The van der Waals surface area contributed by atoms with E-state index in [0.717, 1.165) is 34.0 Å². The maximum absolute atomic E-state index is 12.9. The molecule has 0 spiro atoms. The molecule has 1 aliphatic heterocycles. The lowest BCUT2D eigenvalue weighted by atomic mass is 10.2. The fourth-order valence-electron chi connectivity index (χ4n) is 3.02. The molecule has 7 nitrogen and oxygen atoms in total. The summed E-state index contributed by atoms with van der Waals surface area (Å²) in [5.41, 5.74) is 2.71. The van der Waals surface area contributed by atoms with Crippen LogP contribution in [0.1, 0.15) is 21.1 Å². The molecule has 1 fully saturated rings. The molecule has 1 aliphatic rings. The Kier molecular flexibility index (Phi) is 4.90. The number of H-pyrrole nitrogens is 1. The lowest BCUT2D eigenvalue weighted by Crippen LogP contribution is -2.36. The number of carbonyl (C=O) groups is 1. The van der Waals surface area contributed by atoms with Gasteiger partial charge < -0.3 is 15.0 Å². The van der Waals surface area contributed by atoms with Crippen molar-refractivity contribution in [2.45, 2.75) is 13.5 Å². The van der Waals surface area contributed by atoms with Crippen LogP contribution < -0.4 is 5.32 Å². The molecule has 136 valence electrons. The van der Waals surface area contributed by atoms with Crippen molar-refractivity contribution >= 4 is 44.9 Å². The number of rotatable bonds is 4. The highest BCUT2D eigenvalue weighted by molar-refractivity contribution is 7.18. The number of halogens is 1. The summed E-state index contributed by atoms with van der Waals surface area (Å²) in [6.07, 6.45) is 1.58. The van der Waals surface area contributed by atoms with Crippen LogP contribution in [0.5, 0.6) is 0 Å². The number of hydrogen-bond donors (Lipinski definition) is 2. The Hall–Kier alpha value is -2.00. The van der Waals surface area contributed by atoms with E-state index in [2.05, 4.69) is 25.2 Å². The van der Waals surface area contributed by atoms with E-state index in [0.29, 0.717) is 31.1 Å². The van der Waals surface area contributed by atoms with Crippen molar-refractivity contribution in [3.63, 3.8) is 0 Å². The van der Waals surface area contributed by atoms with Gasteiger partial charge in [-0.25, -0.2) is 9.97 Å². The van der Waals surface area contributed by atoms with E-state index in [9.17, 15) is 4.79 Å². The Morgan fingerprint density at radius 2 is 2.27 bits per heavy atom. The normalized spacial score (nSPS) is 15.5. The van der Waals surface area contributed by atoms with Crippen LogP contribution in [0.3, 0.4) is 0 Å². The van der Waals surface area contributed by atoms with Gasteiger partial charge in [0.1, 0.15) is 11.3 Å². The number of ether oxygens (including phenoxy) is 1. The van der Waals surface area contributed by atoms with Gasteiger partial charge in [0.2, 0.25) is 0 Å². The van der Waals surface area contributed by atoms with Crippen LogP contribution in [-0.4, -0.2) is 52.1 Å². The molecule has 1 saturated heterocycles. The molecular weight excluding hydrogens is 374 g/mol. The third kappa shape index (κ3) is 3.45. The number of amides is 1. The number of anilines is 1. The van der Waals surface area contributed by atoms with Gasteiger partial charge in [0.25, 0.3) is 5.91 Å². The number of hydrogen-bond acceptors (Lipinski definition) is 6. The summed E-state index contributed by atoms with van der Waals surface area (Å²) in [5, 5.41) is 4.07. The number of pyridine rings is 1. The molecule has 0 radical (unpaired) electrons. The van der Waals surface area contributed by atoms with E-state index >= 15 is 0 Å². The monoisotopic (exact) mass is 391 g/mol. The fraction of sp³-hybridized carbons (Fsp3) is 0.353. The first kappa shape index (κ1) is 17.4. The number of aromatic amines is 1. The number of morpholine rings is 1. The first-order valence-corrected chi connectivity index (χ1v) is 9.51. The van der Waals surface area contributed by atoms with Crippen LogP contribution in [0.15, 0.2) is 18.3 Å². The predicted molar refractivity (Wildman–Crippen MR) is 102 cm³/mol. The summed E-state index contributed by atoms with van der Waals surface area (Å²) in [5.74, 6) is -0.244.